The van der Waals surface area contributed by atoms with Crippen LogP contribution in [0.15, 0.2) is 12.4 Å². The van der Waals surface area contributed by atoms with E-state index in [0.717, 1.165) is 19.4 Å². The Balaban J connectivity index is 2.30. The van der Waals surface area contributed by atoms with E-state index in [1.165, 1.54) is 0 Å². The quantitative estimate of drug-likeness (QED) is 0.733. The van der Waals surface area contributed by atoms with Crippen LogP contribution in [0.25, 0.3) is 0 Å². The summed E-state index contributed by atoms with van der Waals surface area (Å²) in [4.78, 5) is 11.0. The zero-order valence-corrected chi connectivity index (χ0v) is 10.9. The fraction of sp³-hybridized carbons (Fsp3) is 0.636. The lowest BCUT2D eigenvalue weighted by molar-refractivity contribution is -0.144. The maximum atomic E-state index is 11.0. The summed E-state index contributed by atoms with van der Waals surface area (Å²) in [6, 6.07) is 0. The lowest BCUT2D eigenvalue weighted by Gasteiger charge is -2.23. The Hall–Kier alpha value is -1.07. The normalized spacial score (nSPS) is 14.5. The molecule has 0 radical (unpaired) electrons. The minimum Gasteiger partial charge on any atom is -0.480 e. The van der Waals surface area contributed by atoms with Gasteiger partial charge in [0.05, 0.1) is 11.2 Å². The van der Waals surface area contributed by atoms with Gasteiger partial charge in [-0.3, -0.25) is 9.48 Å². The smallest absolute Gasteiger partial charge is 0.323 e. The van der Waals surface area contributed by atoms with E-state index in [4.69, 9.17) is 16.7 Å². The van der Waals surface area contributed by atoms with Crippen molar-refractivity contribution in [3.05, 3.63) is 17.4 Å². The third-order valence-electron chi connectivity index (χ3n) is 2.94. The Morgan fingerprint density at radius 2 is 2.35 bits per heavy atom. The Labute approximate surface area is 106 Å². The molecule has 1 unspecified atom stereocenters. The fourth-order valence-electron chi connectivity index (χ4n) is 1.55. The number of carbonyl (C=O) groups is 1. The van der Waals surface area contributed by atoms with Crippen molar-refractivity contribution in [1.29, 1.82) is 0 Å². The number of unbranched alkanes of at least 4 members (excludes halogenated alkanes) is 1. The van der Waals surface area contributed by atoms with E-state index in [2.05, 4.69) is 10.4 Å². The highest BCUT2D eigenvalue weighted by Crippen LogP contribution is 2.14. The molecule has 5 nitrogen and oxygen atoms in total. The molecule has 0 fully saturated rings. The van der Waals surface area contributed by atoms with Gasteiger partial charge in [-0.25, -0.2) is 0 Å². The van der Waals surface area contributed by atoms with E-state index in [-0.39, 0.29) is 0 Å². The molecule has 0 spiro atoms. The summed E-state index contributed by atoms with van der Waals surface area (Å²) in [6.45, 7) is 2.45. The van der Waals surface area contributed by atoms with Crippen LogP contribution in [0.4, 0.5) is 0 Å². The van der Waals surface area contributed by atoms with Crippen molar-refractivity contribution in [2.75, 3.05) is 7.05 Å². The number of hydrogen-bond donors (Lipinski definition) is 2. The third-order valence-corrected chi connectivity index (χ3v) is 3.13. The number of nitrogens with one attached hydrogen (secondary N) is 1. The topological polar surface area (TPSA) is 67.2 Å². The van der Waals surface area contributed by atoms with E-state index < -0.39 is 11.5 Å². The predicted molar refractivity (Wildman–Crippen MR) is 66.2 cm³/mol. The number of rotatable bonds is 7. The first-order valence-electron chi connectivity index (χ1n) is 5.58. The highest BCUT2D eigenvalue weighted by molar-refractivity contribution is 6.30. The third kappa shape index (κ3) is 4.02. The van der Waals surface area contributed by atoms with Gasteiger partial charge in [-0.05, 0) is 33.2 Å². The lowest BCUT2D eigenvalue weighted by Crippen LogP contribution is -2.47. The van der Waals surface area contributed by atoms with Crippen molar-refractivity contribution in [3.8, 4) is 0 Å². The van der Waals surface area contributed by atoms with Crippen LogP contribution in [0.3, 0.4) is 0 Å². The standard InChI is InChI=1S/C11H18ClN3O2/c1-11(13-2,10(16)17)5-3-4-6-15-8-9(12)7-14-15/h7-8,13H,3-6H2,1-2H3,(H,16,17). The van der Waals surface area contributed by atoms with Crippen LogP contribution in [0.5, 0.6) is 0 Å². The number of carboxylic acids is 1. The Morgan fingerprint density at radius 3 is 2.82 bits per heavy atom. The van der Waals surface area contributed by atoms with Crippen LogP contribution in [-0.2, 0) is 11.3 Å². The number of nitrogens with zero attached hydrogens (tertiary/aromatic N) is 2. The first-order valence-corrected chi connectivity index (χ1v) is 5.96. The van der Waals surface area contributed by atoms with Crippen molar-refractivity contribution in [1.82, 2.24) is 15.1 Å². The molecule has 0 bridgehead atoms. The summed E-state index contributed by atoms with van der Waals surface area (Å²) < 4.78 is 1.76. The number of aliphatic carboxylic acids is 1. The highest BCUT2D eigenvalue weighted by Gasteiger charge is 2.29. The molecule has 0 amide bonds. The number of carboxylic acid groups (broad SMARTS) is 1. The van der Waals surface area contributed by atoms with E-state index in [9.17, 15) is 4.79 Å². The lowest BCUT2D eigenvalue weighted by atomic mass is 9.95. The van der Waals surface area contributed by atoms with Crippen LogP contribution in [0.1, 0.15) is 26.2 Å². The minimum absolute atomic E-state index is 0.591. The SMILES string of the molecule is CNC(C)(CCCCn1cc(Cl)cn1)C(=O)O. The van der Waals surface area contributed by atoms with E-state index in [1.54, 1.807) is 31.0 Å². The van der Waals surface area contributed by atoms with E-state index in [0.29, 0.717) is 11.4 Å². The summed E-state index contributed by atoms with van der Waals surface area (Å²) in [5.74, 6) is -0.817. The average Bonchev–Trinajstić information content (AvgIpc) is 2.70. The van der Waals surface area contributed by atoms with Crippen molar-refractivity contribution in [3.63, 3.8) is 0 Å². The molecule has 1 atom stereocenters. The van der Waals surface area contributed by atoms with Crippen LogP contribution in [0, 0.1) is 0 Å². The first-order chi connectivity index (χ1) is 7.98. The van der Waals surface area contributed by atoms with Crippen molar-refractivity contribution in [2.45, 2.75) is 38.3 Å². The Kier molecular flexibility index (Phi) is 4.96. The average molecular weight is 260 g/mol. The predicted octanol–water partition coefficient (Wildman–Crippen LogP) is 1.77. The van der Waals surface area contributed by atoms with Gasteiger partial charge in [0.1, 0.15) is 5.54 Å². The van der Waals surface area contributed by atoms with Gasteiger partial charge in [-0.15, -0.1) is 0 Å². The molecule has 2 N–H and O–H groups in total. The minimum atomic E-state index is -0.845. The molecular weight excluding hydrogens is 242 g/mol. The molecule has 1 heterocycles. The van der Waals surface area contributed by atoms with Crippen molar-refractivity contribution >= 4 is 17.6 Å². The summed E-state index contributed by atoms with van der Waals surface area (Å²) in [7, 11) is 1.67. The van der Waals surface area contributed by atoms with E-state index >= 15 is 0 Å². The molecule has 0 aromatic carbocycles. The molecule has 0 aliphatic heterocycles. The van der Waals surface area contributed by atoms with Gasteiger partial charge in [0.2, 0.25) is 0 Å². The molecular formula is C11H18ClN3O2. The molecule has 0 aliphatic rings. The van der Waals surface area contributed by atoms with Crippen LogP contribution < -0.4 is 5.32 Å². The summed E-state index contributed by atoms with van der Waals surface area (Å²) in [5, 5.41) is 16.6. The molecule has 96 valence electrons. The maximum Gasteiger partial charge on any atom is 0.323 e. The summed E-state index contributed by atoms with van der Waals surface area (Å²) >= 11 is 5.74. The molecule has 0 saturated heterocycles. The second-order valence-corrected chi connectivity index (χ2v) is 4.70. The molecule has 1 aromatic rings. The van der Waals surface area contributed by atoms with Crippen molar-refractivity contribution < 1.29 is 9.90 Å². The van der Waals surface area contributed by atoms with E-state index in [1.807, 2.05) is 0 Å². The van der Waals surface area contributed by atoms with Gasteiger partial charge in [-0.1, -0.05) is 11.6 Å². The molecule has 0 aliphatic carbocycles. The molecule has 1 rings (SSSR count). The molecule has 1 aromatic heterocycles. The Bertz CT molecular complexity index is 381. The maximum absolute atomic E-state index is 11.0. The van der Waals surface area contributed by atoms with Crippen LogP contribution in [-0.4, -0.2) is 33.4 Å². The van der Waals surface area contributed by atoms with Gasteiger partial charge in [-0.2, -0.15) is 5.10 Å². The molecule has 0 saturated carbocycles. The number of aryl methyl sites for hydroxylation is 1. The monoisotopic (exact) mass is 259 g/mol. The number of hydrogen-bond acceptors (Lipinski definition) is 3. The Morgan fingerprint density at radius 1 is 1.65 bits per heavy atom. The molecule has 17 heavy (non-hydrogen) atoms. The van der Waals surface area contributed by atoms with Crippen molar-refractivity contribution in [2.24, 2.45) is 0 Å². The van der Waals surface area contributed by atoms with Gasteiger partial charge < -0.3 is 10.4 Å². The molecule has 6 heteroatoms. The second kappa shape index (κ2) is 6.02. The van der Waals surface area contributed by atoms with Crippen LogP contribution >= 0.6 is 11.6 Å². The first kappa shape index (κ1) is 14.0. The zero-order valence-electron chi connectivity index (χ0n) is 10.1. The summed E-state index contributed by atoms with van der Waals surface area (Å²) in [5.41, 5.74) is -0.845. The second-order valence-electron chi connectivity index (χ2n) is 4.27. The number of aromatic nitrogens is 2. The highest BCUT2D eigenvalue weighted by atomic mass is 35.5. The van der Waals surface area contributed by atoms with Gasteiger partial charge in [0.15, 0.2) is 0 Å². The number of halogens is 1. The largest absolute Gasteiger partial charge is 0.480 e. The van der Waals surface area contributed by atoms with Gasteiger partial charge in [0, 0.05) is 12.7 Å². The summed E-state index contributed by atoms with van der Waals surface area (Å²) in [6.07, 6.45) is 5.64. The number of likely N-dealkylation sites (N-methyl/N-ethyl adjacent to an activating group) is 1. The van der Waals surface area contributed by atoms with Gasteiger partial charge >= 0.3 is 5.97 Å². The fourth-order valence-corrected chi connectivity index (χ4v) is 1.71. The van der Waals surface area contributed by atoms with Gasteiger partial charge in [0.25, 0.3) is 0 Å². The zero-order chi connectivity index (χ0) is 12.9. The van der Waals surface area contributed by atoms with Crippen LogP contribution in [0.2, 0.25) is 5.02 Å².